The molecule has 1 rings (SSSR count). The van der Waals surface area contributed by atoms with Crippen molar-refractivity contribution in [2.45, 2.75) is 26.7 Å². The Morgan fingerprint density at radius 3 is 2.67 bits per heavy atom. The van der Waals surface area contributed by atoms with Gasteiger partial charge in [-0.15, -0.1) is 0 Å². The Bertz CT molecular complexity index is 337. The second-order valence-electron chi connectivity index (χ2n) is 3.71. The predicted molar refractivity (Wildman–Crippen MR) is 58.7 cm³/mol. The van der Waals surface area contributed by atoms with Crippen LogP contribution in [0.3, 0.4) is 0 Å². The smallest absolute Gasteiger partial charge is 0.213 e. The van der Waals surface area contributed by atoms with E-state index in [1.165, 1.54) is 4.31 Å². The fourth-order valence-electron chi connectivity index (χ4n) is 1.82. The molecule has 5 nitrogen and oxygen atoms in total. The molecule has 1 fully saturated rings. The van der Waals surface area contributed by atoms with Crippen LogP contribution in [-0.2, 0) is 10.0 Å². The van der Waals surface area contributed by atoms with Crippen molar-refractivity contribution in [2.24, 2.45) is 11.1 Å². The number of rotatable bonds is 3. The monoisotopic (exact) mass is 234 g/mol. The van der Waals surface area contributed by atoms with Gasteiger partial charge < -0.3 is 5.21 Å². The number of oxime groups is 1. The van der Waals surface area contributed by atoms with Gasteiger partial charge in [-0.2, -0.15) is 0 Å². The van der Waals surface area contributed by atoms with Gasteiger partial charge in [0.1, 0.15) is 0 Å². The van der Waals surface area contributed by atoms with Gasteiger partial charge in [0.05, 0.1) is 11.5 Å². The number of hydrogen-bond acceptors (Lipinski definition) is 4. The summed E-state index contributed by atoms with van der Waals surface area (Å²) >= 11 is 0. The predicted octanol–water partition coefficient (Wildman–Crippen LogP) is 0.898. The molecule has 0 aromatic carbocycles. The molecule has 1 heterocycles. The van der Waals surface area contributed by atoms with Crippen LogP contribution in [0.15, 0.2) is 5.16 Å². The van der Waals surface area contributed by atoms with E-state index >= 15 is 0 Å². The third-order valence-electron chi connectivity index (χ3n) is 2.89. The van der Waals surface area contributed by atoms with Crippen LogP contribution in [0.2, 0.25) is 0 Å². The standard InChI is InChI=1S/C9H18N2O3S/c1-3-8-7-11(15(13,14)4-2)6-5-9(8)10-12/h8,12H,3-7H2,1-2H3. The van der Waals surface area contributed by atoms with Crippen LogP contribution in [0, 0.1) is 5.92 Å². The van der Waals surface area contributed by atoms with Gasteiger partial charge in [-0.05, 0) is 13.3 Å². The van der Waals surface area contributed by atoms with Crippen LogP contribution < -0.4 is 0 Å². The molecule has 0 aliphatic carbocycles. The zero-order valence-corrected chi connectivity index (χ0v) is 10.00. The lowest BCUT2D eigenvalue weighted by atomic mass is 9.95. The number of hydrogen-bond donors (Lipinski definition) is 1. The minimum atomic E-state index is -3.10. The van der Waals surface area contributed by atoms with Gasteiger partial charge in [0, 0.05) is 25.4 Å². The van der Waals surface area contributed by atoms with Crippen LogP contribution in [0.4, 0.5) is 0 Å². The van der Waals surface area contributed by atoms with Crippen molar-refractivity contribution in [3.8, 4) is 0 Å². The zero-order chi connectivity index (χ0) is 11.5. The Hall–Kier alpha value is -0.620. The maximum atomic E-state index is 11.6. The summed E-state index contributed by atoms with van der Waals surface area (Å²) < 4.78 is 24.8. The summed E-state index contributed by atoms with van der Waals surface area (Å²) in [6.07, 6.45) is 1.34. The third-order valence-corrected chi connectivity index (χ3v) is 4.74. The molecular weight excluding hydrogens is 216 g/mol. The van der Waals surface area contributed by atoms with Crippen molar-refractivity contribution in [3.63, 3.8) is 0 Å². The van der Waals surface area contributed by atoms with Crippen molar-refractivity contribution < 1.29 is 13.6 Å². The number of sulfonamides is 1. The molecule has 1 aliphatic rings. The van der Waals surface area contributed by atoms with E-state index in [-0.39, 0.29) is 11.7 Å². The average molecular weight is 234 g/mol. The normalized spacial score (nSPS) is 27.1. The number of piperidine rings is 1. The van der Waals surface area contributed by atoms with Crippen LogP contribution in [-0.4, -0.2) is 42.5 Å². The van der Waals surface area contributed by atoms with Gasteiger partial charge in [-0.25, -0.2) is 12.7 Å². The molecule has 88 valence electrons. The number of nitrogens with zero attached hydrogens (tertiary/aromatic N) is 2. The molecule has 0 radical (unpaired) electrons. The summed E-state index contributed by atoms with van der Waals surface area (Å²) in [6, 6.07) is 0. The minimum Gasteiger partial charge on any atom is -0.411 e. The van der Waals surface area contributed by atoms with Crippen molar-refractivity contribution in [1.82, 2.24) is 4.31 Å². The van der Waals surface area contributed by atoms with Crippen LogP contribution in [0.5, 0.6) is 0 Å². The first-order chi connectivity index (χ1) is 7.05. The highest BCUT2D eigenvalue weighted by Gasteiger charge is 2.30. The SMILES string of the molecule is CCC1CN(S(=O)(=O)CC)CCC1=NO. The molecular formula is C9H18N2O3S. The highest BCUT2D eigenvalue weighted by atomic mass is 32.2. The van der Waals surface area contributed by atoms with Gasteiger partial charge in [-0.3, -0.25) is 0 Å². The van der Waals surface area contributed by atoms with Gasteiger partial charge in [0.2, 0.25) is 10.0 Å². The molecule has 0 saturated carbocycles. The molecule has 1 atom stereocenters. The van der Waals surface area contributed by atoms with Crippen molar-refractivity contribution in [1.29, 1.82) is 0 Å². The first-order valence-corrected chi connectivity index (χ1v) is 6.84. The molecule has 1 saturated heterocycles. The summed E-state index contributed by atoms with van der Waals surface area (Å²) in [7, 11) is -3.10. The highest BCUT2D eigenvalue weighted by Crippen LogP contribution is 2.19. The van der Waals surface area contributed by atoms with Gasteiger partial charge in [-0.1, -0.05) is 12.1 Å². The molecule has 0 aromatic rings. The summed E-state index contributed by atoms with van der Waals surface area (Å²) in [5.41, 5.74) is 0.722. The minimum absolute atomic E-state index is 0.0603. The van der Waals surface area contributed by atoms with Crippen LogP contribution in [0.25, 0.3) is 0 Å². The molecule has 0 amide bonds. The van der Waals surface area contributed by atoms with E-state index < -0.39 is 10.0 Å². The average Bonchev–Trinajstić information content (AvgIpc) is 2.28. The largest absolute Gasteiger partial charge is 0.411 e. The van der Waals surface area contributed by atoms with Crippen molar-refractivity contribution >= 4 is 15.7 Å². The maximum absolute atomic E-state index is 11.6. The van der Waals surface area contributed by atoms with E-state index in [0.717, 1.165) is 12.1 Å². The van der Waals surface area contributed by atoms with E-state index in [1.807, 2.05) is 6.92 Å². The molecule has 6 heteroatoms. The van der Waals surface area contributed by atoms with Crippen molar-refractivity contribution in [3.05, 3.63) is 0 Å². The molecule has 15 heavy (non-hydrogen) atoms. The Kier molecular flexibility index (Phi) is 4.10. The van der Waals surface area contributed by atoms with E-state index in [2.05, 4.69) is 5.16 Å². The lowest BCUT2D eigenvalue weighted by Gasteiger charge is -2.31. The molecule has 0 bridgehead atoms. The molecule has 1 aliphatic heterocycles. The molecule has 0 aromatic heterocycles. The Balaban J connectivity index is 2.78. The Morgan fingerprint density at radius 1 is 1.53 bits per heavy atom. The lowest BCUT2D eigenvalue weighted by molar-refractivity contribution is 0.296. The van der Waals surface area contributed by atoms with E-state index in [1.54, 1.807) is 6.92 Å². The molecule has 0 spiro atoms. The first kappa shape index (κ1) is 12.4. The fraction of sp³-hybridized carbons (Fsp3) is 0.889. The van der Waals surface area contributed by atoms with Gasteiger partial charge in [0.25, 0.3) is 0 Å². The van der Waals surface area contributed by atoms with Crippen LogP contribution in [0.1, 0.15) is 26.7 Å². The summed E-state index contributed by atoms with van der Waals surface area (Å²) in [5.74, 6) is 0.194. The lowest BCUT2D eigenvalue weighted by Crippen LogP contribution is -2.44. The second-order valence-corrected chi connectivity index (χ2v) is 5.96. The fourth-order valence-corrected chi connectivity index (χ4v) is 2.96. The van der Waals surface area contributed by atoms with Crippen molar-refractivity contribution in [2.75, 3.05) is 18.8 Å². The topological polar surface area (TPSA) is 70.0 Å². The summed E-state index contributed by atoms with van der Waals surface area (Å²) in [6.45, 7) is 4.50. The summed E-state index contributed by atoms with van der Waals surface area (Å²) in [4.78, 5) is 0. The zero-order valence-electron chi connectivity index (χ0n) is 9.18. The first-order valence-electron chi connectivity index (χ1n) is 5.23. The van der Waals surface area contributed by atoms with E-state index in [9.17, 15) is 8.42 Å². The Labute approximate surface area is 90.8 Å². The quantitative estimate of drug-likeness (QED) is 0.582. The van der Waals surface area contributed by atoms with E-state index in [4.69, 9.17) is 5.21 Å². The van der Waals surface area contributed by atoms with E-state index in [0.29, 0.717) is 19.5 Å². The molecule has 1 unspecified atom stereocenters. The highest BCUT2D eigenvalue weighted by molar-refractivity contribution is 7.89. The van der Waals surface area contributed by atoms with Crippen LogP contribution >= 0.6 is 0 Å². The Morgan fingerprint density at radius 2 is 2.20 bits per heavy atom. The summed E-state index contributed by atoms with van der Waals surface area (Å²) in [5, 5.41) is 12.0. The molecule has 1 N–H and O–H groups in total. The van der Waals surface area contributed by atoms with Gasteiger partial charge >= 0.3 is 0 Å². The second kappa shape index (κ2) is 4.94. The third kappa shape index (κ3) is 2.69. The van der Waals surface area contributed by atoms with Gasteiger partial charge in [0.15, 0.2) is 0 Å². The maximum Gasteiger partial charge on any atom is 0.213 e.